The zero-order valence-corrected chi connectivity index (χ0v) is 19.8. The number of hydrogen-bond acceptors (Lipinski definition) is 6. The van der Waals surface area contributed by atoms with E-state index in [-0.39, 0.29) is 17.7 Å². The third-order valence-electron chi connectivity index (χ3n) is 5.00. The molecule has 0 aliphatic rings. The summed E-state index contributed by atoms with van der Waals surface area (Å²) in [5.41, 5.74) is 2.42. The Morgan fingerprint density at radius 2 is 1.75 bits per heavy atom. The van der Waals surface area contributed by atoms with Crippen LogP contribution in [0.2, 0.25) is 0 Å². The highest BCUT2D eigenvalue weighted by molar-refractivity contribution is 7.98. The standard InChI is InChI=1S/C25H27N3O3S/c1-15(2)28-24(29)20-8-6-7-9-21(20)27-25(28)32-14-22-17(5)31-23(26-22)18-10-12-19(13-11-18)30-16(3)4/h6-13,15-16H,14H2,1-5H3. The van der Waals surface area contributed by atoms with Crippen molar-refractivity contribution < 1.29 is 9.15 Å². The highest BCUT2D eigenvalue weighted by atomic mass is 32.2. The molecule has 4 aromatic rings. The van der Waals surface area contributed by atoms with Gasteiger partial charge < -0.3 is 9.15 Å². The van der Waals surface area contributed by atoms with Crippen LogP contribution >= 0.6 is 11.8 Å². The minimum absolute atomic E-state index is 0.00245. The Balaban J connectivity index is 1.59. The number of rotatable bonds is 7. The molecule has 32 heavy (non-hydrogen) atoms. The van der Waals surface area contributed by atoms with Gasteiger partial charge in [0.1, 0.15) is 11.5 Å². The molecular weight excluding hydrogens is 422 g/mol. The summed E-state index contributed by atoms with van der Waals surface area (Å²) in [6, 6.07) is 15.2. The van der Waals surface area contributed by atoms with Gasteiger partial charge in [-0.2, -0.15) is 0 Å². The minimum atomic E-state index is -0.0191. The van der Waals surface area contributed by atoms with E-state index in [1.165, 1.54) is 11.8 Å². The third kappa shape index (κ3) is 4.58. The lowest BCUT2D eigenvalue weighted by molar-refractivity contribution is 0.242. The summed E-state index contributed by atoms with van der Waals surface area (Å²) < 4.78 is 13.4. The van der Waals surface area contributed by atoms with Crippen molar-refractivity contribution in [1.29, 1.82) is 0 Å². The molecule has 0 atom stereocenters. The van der Waals surface area contributed by atoms with E-state index in [0.29, 0.717) is 27.7 Å². The van der Waals surface area contributed by atoms with Crippen LogP contribution in [-0.4, -0.2) is 20.6 Å². The molecule has 0 aliphatic heterocycles. The van der Waals surface area contributed by atoms with Crippen LogP contribution in [0.5, 0.6) is 5.75 Å². The zero-order chi connectivity index (χ0) is 22.8. The van der Waals surface area contributed by atoms with Gasteiger partial charge in [0.2, 0.25) is 5.89 Å². The molecule has 0 N–H and O–H groups in total. The molecule has 0 unspecified atom stereocenters. The predicted molar refractivity (Wildman–Crippen MR) is 128 cm³/mol. The largest absolute Gasteiger partial charge is 0.491 e. The molecule has 6 nitrogen and oxygen atoms in total. The first-order chi connectivity index (χ1) is 15.3. The maximum atomic E-state index is 13.0. The van der Waals surface area contributed by atoms with Gasteiger partial charge in [-0.05, 0) is 71.0 Å². The smallest absolute Gasteiger partial charge is 0.262 e. The molecule has 7 heteroatoms. The normalized spacial score (nSPS) is 11.6. The van der Waals surface area contributed by atoms with E-state index < -0.39 is 0 Å². The zero-order valence-electron chi connectivity index (χ0n) is 19.0. The maximum Gasteiger partial charge on any atom is 0.262 e. The highest BCUT2D eigenvalue weighted by Crippen LogP contribution is 2.29. The summed E-state index contributed by atoms with van der Waals surface area (Å²) in [5.74, 6) is 2.70. The number of hydrogen-bond donors (Lipinski definition) is 0. The summed E-state index contributed by atoms with van der Waals surface area (Å²) >= 11 is 1.50. The molecule has 0 amide bonds. The average Bonchev–Trinajstić information content (AvgIpc) is 3.12. The average molecular weight is 450 g/mol. The van der Waals surface area contributed by atoms with E-state index in [1.54, 1.807) is 4.57 Å². The molecule has 0 spiro atoms. The first-order valence-corrected chi connectivity index (χ1v) is 11.7. The second kappa shape index (κ2) is 9.20. The van der Waals surface area contributed by atoms with Gasteiger partial charge in [-0.25, -0.2) is 9.97 Å². The van der Waals surface area contributed by atoms with E-state index in [4.69, 9.17) is 19.1 Å². The van der Waals surface area contributed by atoms with Gasteiger partial charge >= 0.3 is 0 Å². The van der Waals surface area contributed by atoms with Crippen molar-refractivity contribution in [2.24, 2.45) is 0 Å². The Morgan fingerprint density at radius 1 is 1.03 bits per heavy atom. The molecule has 166 valence electrons. The number of ether oxygens (including phenoxy) is 1. The van der Waals surface area contributed by atoms with Crippen molar-refractivity contribution in [3.8, 4) is 17.2 Å². The summed E-state index contributed by atoms with van der Waals surface area (Å²) in [7, 11) is 0. The third-order valence-corrected chi connectivity index (χ3v) is 5.96. The molecule has 0 bridgehead atoms. The number of oxazole rings is 1. The Kier molecular flexibility index (Phi) is 6.37. The lowest BCUT2D eigenvalue weighted by Gasteiger charge is -2.15. The van der Waals surface area contributed by atoms with Crippen LogP contribution in [0, 0.1) is 6.92 Å². The second-order valence-corrected chi connectivity index (χ2v) is 9.12. The lowest BCUT2D eigenvalue weighted by Crippen LogP contribution is -2.25. The predicted octanol–water partition coefficient (Wildman–Crippen LogP) is 6.02. The van der Waals surface area contributed by atoms with Crippen LogP contribution < -0.4 is 10.3 Å². The van der Waals surface area contributed by atoms with Gasteiger partial charge in [0, 0.05) is 17.4 Å². The number of benzene rings is 2. The van der Waals surface area contributed by atoms with Crippen molar-refractivity contribution in [1.82, 2.24) is 14.5 Å². The van der Waals surface area contributed by atoms with Gasteiger partial charge in [0.25, 0.3) is 5.56 Å². The van der Waals surface area contributed by atoms with Crippen LogP contribution in [0.25, 0.3) is 22.4 Å². The number of nitrogens with zero attached hydrogens (tertiary/aromatic N) is 3. The van der Waals surface area contributed by atoms with Crippen molar-refractivity contribution in [3.63, 3.8) is 0 Å². The highest BCUT2D eigenvalue weighted by Gasteiger charge is 2.17. The van der Waals surface area contributed by atoms with Crippen molar-refractivity contribution >= 4 is 22.7 Å². The monoisotopic (exact) mass is 449 g/mol. The van der Waals surface area contributed by atoms with Crippen LogP contribution in [0.15, 0.2) is 62.9 Å². The molecule has 0 aliphatic carbocycles. The van der Waals surface area contributed by atoms with Gasteiger partial charge in [-0.1, -0.05) is 23.9 Å². The van der Waals surface area contributed by atoms with Crippen LogP contribution in [-0.2, 0) is 5.75 Å². The van der Waals surface area contributed by atoms with E-state index in [2.05, 4.69) is 0 Å². The van der Waals surface area contributed by atoms with Gasteiger partial charge in [-0.3, -0.25) is 9.36 Å². The van der Waals surface area contributed by atoms with E-state index >= 15 is 0 Å². The van der Waals surface area contributed by atoms with Crippen LogP contribution in [0.3, 0.4) is 0 Å². The van der Waals surface area contributed by atoms with Gasteiger partial charge in [0.05, 0.1) is 22.7 Å². The molecule has 2 heterocycles. The molecule has 2 aromatic carbocycles. The van der Waals surface area contributed by atoms with Gasteiger partial charge in [-0.15, -0.1) is 0 Å². The Labute approximate surface area is 191 Å². The summed E-state index contributed by atoms with van der Waals surface area (Å²) in [4.78, 5) is 22.5. The number of aromatic nitrogens is 3. The Morgan fingerprint density at radius 3 is 2.44 bits per heavy atom. The fraction of sp³-hybridized carbons (Fsp3) is 0.320. The number of fused-ring (bicyclic) bond motifs is 1. The summed E-state index contributed by atoms with van der Waals surface area (Å²) in [6.07, 6.45) is 0.125. The first kappa shape index (κ1) is 22.1. The van der Waals surface area contributed by atoms with Gasteiger partial charge in [0.15, 0.2) is 5.16 Å². The minimum Gasteiger partial charge on any atom is -0.491 e. The number of aryl methyl sites for hydroxylation is 1. The van der Waals surface area contributed by atoms with Crippen molar-refractivity contribution in [2.45, 2.75) is 57.7 Å². The Hall–Kier alpha value is -3.06. The summed E-state index contributed by atoms with van der Waals surface area (Å²) in [5, 5.41) is 1.32. The maximum absolute atomic E-state index is 13.0. The van der Waals surface area contributed by atoms with Crippen LogP contribution in [0.1, 0.15) is 45.2 Å². The fourth-order valence-electron chi connectivity index (χ4n) is 3.45. The van der Waals surface area contributed by atoms with Crippen molar-refractivity contribution in [2.75, 3.05) is 0 Å². The molecule has 0 radical (unpaired) electrons. The topological polar surface area (TPSA) is 70.2 Å². The molecule has 2 aromatic heterocycles. The van der Waals surface area contributed by atoms with Crippen molar-refractivity contribution in [3.05, 3.63) is 70.3 Å². The molecular formula is C25H27N3O3S. The second-order valence-electron chi connectivity index (χ2n) is 8.18. The SMILES string of the molecule is Cc1oc(-c2ccc(OC(C)C)cc2)nc1CSc1nc2ccccc2c(=O)n1C(C)C. The van der Waals surface area contributed by atoms with E-state index in [0.717, 1.165) is 22.8 Å². The quantitative estimate of drug-likeness (QED) is 0.254. The molecule has 0 fully saturated rings. The molecule has 4 rings (SSSR count). The van der Waals surface area contributed by atoms with Crippen LogP contribution in [0.4, 0.5) is 0 Å². The van der Waals surface area contributed by atoms with E-state index in [1.807, 2.05) is 83.1 Å². The first-order valence-electron chi connectivity index (χ1n) is 10.7. The number of thioether (sulfide) groups is 1. The van der Waals surface area contributed by atoms with E-state index in [9.17, 15) is 4.79 Å². The molecule has 0 saturated heterocycles. The molecule has 0 saturated carbocycles. The fourth-order valence-corrected chi connectivity index (χ4v) is 4.58. The Bertz CT molecular complexity index is 1290. The summed E-state index contributed by atoms with van der Waals surface area (Å²) in [6.45, 7) is 9.89. The lowest BCUT2D eigenvalue weighted by atomic mass is 10.2. The number of para-hydroxylation sites is 1.